The maximum Gasteiger partial charge on any atom is 0.0647 e. The normalized spacial score (nSPS) is 24.5. The quantitative estimate of drug-likeness (QED) is 0.593. The Morgan fingerprint density at radius 1 is 1.45 bits per heavy atom. The van der Waals surface area contributed by atoms with E-state index in [9.17, 15) is 0 Å². The van der Waals surface area contributed by atoms with Gasteiger partial charge < -0.3 is 0 Å². The third-order valence-electron chi connectivity index (χ3n) is 1.54. The van der Waals surface area contributed by atoms with Crippen LogP contribution in [0.5, 0.6) is 0 Å². The maximum atomic E-state index is 4.15. The number of rotatable bonds is 0. The van der Waals surface area contributed by atoms with Crippen molar-refractivity contribution in [3.05, 3.63) is 33.5 Å². The molecular weight excluding hydrogens is 249 g/mol. The Morgan fingerprint density at radius 2 is 2.18 bits per heavy atom. The summed E-state index contributed by atoms with van der Waals surface area (Å²) in [5, 5.41) is 0. The molecule has 0 saturated heterocycles. The lowest BCUT2D eigenvalue weighted by atomic mass is 10.0. The van der Waals surface area contributed by atoms with E-state index in [0.717, 1.165) is 5.71 Å². The van der Waals surface area contributed by atoms with Crippen molar-refractivity contribution in [3.8, 4) is 0 Å². The molecule has 0 amide bonds. The molecule has 1 aliphatic rings. The van der Waals surface area contributed by atoms with Crippen LogP contribution in [0.2, 0.25) is 0 Å². The summed E-state index contributed by atoms with van der Waals surface area (Å²) in [5.41, 5.74) is 3.54. The number of halogens is 1. The molecule has 0 atom stereocenters. The molecule has 2 heteroatoms. The Kier molecular flexibility index (Phi) is 3.05. The maximum absolute atomic E-state index is 4.15. The predicted molar refractivity (Wildman–Crippen MR) is 58.4 cm³/mol. The smallest absolute Gasteiger partial charge is 0.0647 e. The Bertz CT molecular complexity index is 269. The first-order valence-corrected chi connectivity index (χ1v) is 4.66. The second kappa shape index (κ2) is 3.85. The fourth-order valence-electron chi connectivity index (χ4n) is 0.965. The van der Waals surface area contributed by atoms with Gasteiger partial charge >= 0.3 is 0 Å². The van der Waals surface area contributed by atoms with Crippen molar-refractivity contribution in [2.24, 2.45) is 4.99 Å². The predicted octanol–water partition coefficient (Wildman–Crippen LogP) is 2.89. The van der Waals surface area contributed by atoms with Gasteiger partial charge in [-0.3, -0.25) is 4.99 Å². The summed E-state index contributed by atoms with van der Waals surface area (Å²) in [6.07, 6.45) is 6.25. The fraction of sp³-hybridized carbons (Fsp3) is 0.222. The SMILES string of the molecule is CN=C1C=CC(C)=C/C1=C/I. The highest BCUT2D eigenvalue weighted by molar-refractivity contribution is 14.1. The minimum absolute atomic E-state index is 1.06. The highest BCUT2D eigenvalue weighted by atomic mass is 127. The van der Waals surface area contributed by atoms with Crippen LogP contribution >= 0.6 is 22.6 Å². The molecule has 0 fully saturated rings. The molecule has 0 aliphatic heterocycles. The minimum atomic E-state index is 1.06. The van der Waals surface area contributed by atoms with Gasteiger partial charge in [0.25, 0.3) is 0 Å². The van der Waals surface area contributed by atoms with Crippen LogP contribution in [0, 0.1) is 0 Å². The van der Waals surface area contributed by atoms with Crippen molar-refractivity contribution in [1.82, 2.24) is 0 Å². The van der Waals surface area contributed by atoms with Gasteiger partial charge in [-0.05, 0) is 23.2 Å². The lowest BCUT2D eigenvalue weighted by molar-refractivity contribution is 1.41. The van der Waals surface area contributed by atoms with Crippen LogP contribution < -0.4 is 0 Å². The molecule has 0 heterocycles. The molecule has 0 radical (unpaired) electrons. The van der Waals surface area contributed by atoms with Gasteiger partial charge in [-0.15, -0.1) is 0 Å². The summed E-state index contributed by atoms with van der Waals surface area (Å²) < 4.78 is 2.05. The second-order valence-electron chi connectivity index (χ2n) is 2.39. The van der Waals surface area contributed by atoms with Crippen LogP contribution in [-0.2, 0) is 0 Å². The van der Waals surface area contributed by atoms with Crippen LogP contribution in [0.1, 0.15) is 6.92 Å². The van der Waals surface area contributed by atoms with Gasteiger partial charge in [-0.1, -0.05) is 34.2 Å². The monoisotopic (exact) mass is 259 g/mol. The van der Waals surface area contributed by atoms with Gasteiger partial charge in [0, 0.05) is 12.6 Å². The fourth-order valence-corrected chi connectivity index (χ4v) is 1.46. The highest BCUT2D eigenvalue weighted by Gasteiger charge is 2.03. The standard InChI is InChI=1S/C9H10IN/c1-7-3-4-9(11-2)8(5-7)6-10/h3-6H,1-2H3/b8-6-,11-9?. The summed E-state index contributed by atoms with van der Waals surface area (Å²) in [6.45, 7) is 2.09. The zero-order valence-electron chi connectivity index (χ0n) is 6.63. The molecule has 0 saturated carbocycles. The van der Waals surface area contributed by atoms with Crippen molar-refractivity contribution in [2.75, 3.05) is 7.05 Å². The van der Waals surface area contributed by atoms with E-state index in [1.54, 1.807) is 0 Å². The molecule has 1 aliphatic carbocycles. The topological polar surface area (TPSA) is 12.4 Å². The van der Waals surface area contributed by atoms with E-state index >= 15 is 0 Å². The van der Waals surface area contributed by atoms with Crippen molar-refractivity contribution in [3.63, 3.8) is 0 Å². The van der Waals surface area contributed by atoms with Crippen LogP contribution in [0.15, 0.2) is 38.4 Å². The van der Waals surface area contributed by atoms with Gasteiger partial charge in [-0.2, -0.15) is 0 Å². The van der Waals surface area contributed by atoms with Crippen molar-refractivity contribution >= 4 is 28.3 Å². The van der Waals surface area contributed by atoms with Gasteiger partial charge in [-0.25, -0.2) is 0 Å². The third kappa shape index (κ3) is 2.02. The molecule has 0 aromatic carbocycles. The van der Waals surface area contributed by atoms with E-state index in [0.29, 0.717) is 0 Å². The highest BCUT2D eigenvalue weighted by Crippen LogP contribution is 2.14. The van der Waals surface area contributed by atoms with Gasteiger partial charge in [0.1, 0.15) is 0 Å². The average molecular weight is 259 g/mol. The zero-order chi connectivity index (χ0) is 8.27. The molecule has 11 heavy (non-hydrogen) atoms. The summed E-state index contributed by atoms with van der Waals surface area (Å²) in [6, 6.07) is 0. The summed E-state index contributed by atoms with van der Waals surface area (Å²) >= 11 is 2.23. The molecule has 58 valence electrons. The van der Waals surface area contributed by atoms with E-state index < -0.39 is 0 Å². The lowest BCUT2D eigenvalue weighted by Crippen LogP contribution is -2.00. The molecular formula is C9H10IN. The Hall–Kier alpha value is -0.380. The van der Waals surface area contributed by atoms with Gasteiger partial charge in [0.05, 0.1) is 5.71 Å². The molecule has 0 spiro atoms. The number of hydrogen-bond acceptors (Lipinski definition) is 1. The van der Waals surface area contributed by atoms with E-state index in [1.807, 2.05) is 17.2 Å². The molecule has 0 aromatic rings. The first-order valence-electron chi connectivity index (χ1n) is 3.42. The van der Waals surface area contributed by atoms with Crippen molar-refractivity contribution in [1.29, 1.82) is 0 Å². The molecule has 0 aromatic heterocycles. The average Bonchev–Trinajstić information content (AvgIpc) is 2.04. The van der Waals surface area contributed by atoms with E-state index in [-0.39, 0.29) is 0 Å². The molecule has 0 N–H and O–H groups in total. The van der Waals surface area contributed by atoms with Gasteiger partial charge in [0.15, 0.2) is 0 Å². The Balaban J connectivity index is 3.03. The van der Waals surface area contributed by atoms with E-state index in [1.165, 1.54) is 11.1 Å². The van der Waals surface area contributed by atoms with E-state index in [2.05, 4.69) is 46.7 Å². The van der Waals surface area contributed by atoms with Crippen molar-refractivity contribution in [2.45, 2.75) is 6.92 Å². The minimum Gasteiger partial charge on any atom is -0.288 e. The summed E-state index contributed by atoms with van der Waals surface area (Å²) in [7, 11) is 1.81. The first-order chi connectivity index (χ1) is 5.27. The second-order valence-corrected chi connectivity index (χ2v) is 3.02. The first kappa shape index (κ1) is 8.71. The number of aliphatic imine (C=N–C) groups is 1. The number of allylic oxidation sites excluding steroid dienone is 5. The van der Waals surface area contributed by atoms with Crippen LogP contribution in [0.25, 0.3) is 0 Å². The van der Waals surface area contributed by atoms with E-state index in [4.69, 9.17) is 0 Å². The van der Waals surface area contributed by atoms with Crippen molar-refractivity contribution < 1.29 is 0 Å². The number of hydrogen-bond donors (Lipinski definition) is 0. The Labute approximate surface area is 80.7 Å². The largest absolute Gasteiger partial charge is 0.288 e. The van der Waals surface area contributed by atoms with Crippen LogP contribution in [0.3, 0.4) is 0 Å². The molecule has 0 unspecified atom stereocenters. The zero-order valence-corrected chi connectivity index (χ0v) is 8.79. The number of nitrogens with zero attached hydrogens (tertiary/aromatic N) is 1. The van der Waals surface area contributed by atoms with Crippen LogP contribution in [-0.4, -0.2) is 12.8 Å². The Morgan fingerprint density at radius 3 is 2.73 bits per heavy atom. The summed E-state index contributed by atoms with van der Waals surface area (Å²) in [4.78, 5) is 4.15. The van der Waals surface area contributed by atoms with Gasteiger partial charge in [0.2, 0.25) is 0 Å². The summed E-state index contributed by atoms with van der Waals surface area (Å²) in [5.74, 6) is 0. The molecule has 0 bridgehead atoms. The van der Waals surface area contributed by atoms with Crippen LogP contribution in [0.4, 0.5) is 0 Å². The lowest BCUT2D eigenvalue weighted by Gasteiger charge is -2.06. The molecule has 1 rings (SSSR count). The third-order valence-corrected chi connectivity index (χ3v) is 2.21. The molecule has 1 nitrogen and oxygen atoms in total.